The van der Waals surface area contributed by atoms with E-state index in [1.54, 1.807) is 30.0 Å². The van der Waals surface area contributed by atoms with E-state index in [9.17, 15) is 4.79 Å². The van der Waals surface area contributed by atoms with Crippen molar-refractivity contribution in [2.75, 3.05) is 17.7 Å². The molecule has 0 saturated heterocycles. The lowest BCUT2D eigenvalue weighted by Gasteiger charge is -2.24. The van der Waals surface area contributed by atoms with Crippen molar-refractivity contribution in [3.8, 4) is 5.75 Å². The summed E-state index contributed by atoms with van der Waals surface area (Å²) >= 11 is 5.91. The van der Waals surface area contributed by atoms with Crippen LogP contribution in [-0.4, -0.2) is 27.8 Å². The second kappa shape index (κ2) is 9.87. The standard InChI is InChI=1S/C27H22ClN5O2/c1-35-22-14-10-20(11-15-22)24-17-23(19-5-3-2-4-6-19)29-27-31-26(32-33(24)27)30-25(34)16-9-18-7-12-21(28)13-8-18/h2-17,24H,1H3,(H2,29,30,31,32,34)/b16-9+. The van der Waals surface area contributed by atoms with E-state index in [0.717, 1.165) is 28.1 Å². The van der Waals surface area contributed by atoms with Crippen LogP contribution in [0.5, 0.6) is 5.75 Å². The molecular formula is C27H22ClN5O2. The summed E-state index contributed by atoms with van der Waals surface area (Å²) in [6.45, 7) is 0. The Hall–Kier alpha value is -4.36. The summed E-state index contributed by atoms with van der Waals surface area (Å²) in [5.41, 5.74) is 3.80. The zero-order valence-electron chi connectivity index (χ0n) is 18.9. The first-order valence-corrected chi connectivity index (χ1v) is 11.4. The van der Waals surface area contributed by atoms with Gasteiger partial charge in [0.2, 0.25) is 5.95 Å². The number of hydrogen-bond acceptors (Lipinski definition) is 5. The summed E-state index contributed by atoms with van der Waals surface area (Å²) in [7, 11) is 1.64. The van der Waals surface area contributed by atoms with Crippen molar-refractivity contribution in [1.82, 2.24) is 14.8 Å². The molecule has 2 N–H and O–H groups in total. The van der Waals surface area contributed by atoms with Gasteiger partial charge in [0.1, 0.15) is 11.8 Å². The number of fused-ring (bicyclic) bond motifs is 1. The maximum atomic E-state index is 12.5. The number of benzene rings is 3. The molecule has 1 aliphatic heterocycles. The van der Waals surface area contributed by atoms with Gasteiger partial charge in [0.15, 0.2) is 0 Å². The first kappa shape index (κ1) is 22.4. The fourth-order valence-electron chi connectivity index (χ4n) is 3.77. The molecule has 1 unspecified atom stereocenters. The Morgan fingerprint density at radius 2 is 1.80 bits per heavy atom. The van der Waals surface area contributed by atoms with Crippen molar-refractivity contribution in [2.24, 2.45) is 0 Å². The molecule has 1 amide bonds. The van der Waals surface area contributed by atoms with Gasteiger partial charge >= 0.3 is 0 Å². The highest BCUT2D eigenvalue weighted by atomic mass is 35.5. The zero-order chi connectivity index (χ0) is 24.2. The Labute approximate surface area is 207 Å². The lowest BCUT2D eigenvalue weighted by Crippen LogP contribution is -2.20. The second-order valence-corrected chi connectivity index (χ2v) is 8.30. The molecule has 5 rings (SSSR count). The van der Waals surface area contributed by atoms with Crippen LogP contribution in [0.3, 0.4) is 0 Å². The van der Waals surface area contributed by atoms with Crippen LogP contribution in [0.1, 0.15) is 22.7 Å². The number of nitrogens with one attached hydrogen (secondary N) is 2. The van der Waals surface area contributed by atoms with Gasteiger partial charge in [-0.2, -0.15) is 4.98 Å². The number of allylic oxidation sites excluding steroid dienone is 1. The van der Waals surface area contributed by atoms with Crippen molar-refractivity contribution in [3.63, 3.8) is 0 Å². The molecule has 1 aromatic heterocycles. The molecule has 3 aromatic carbocycles. The van der Waals surface area contributed by atoms with Crippen LogP contribution in [-0.2, 0) is 4.79 Å². The molecule has 0 fully saturated rings. The molecule has 2 heterocycles. The minimum atomic E-state index is -0.333. The van der Waals surface area contributed by atoms with Crippen molar-refractivity contribution >= 4 is 41.2 Å². The maximum Gasteiger partial charge on any atom is 0.250 e. The predicted octanol–water partition coefficient (Wildman–Crippen LogP) is 5.65. The van der Waals surface area contributed by atoms with E-state index in [1.165, 1.54) is 6.08 Å². The molecular weight excluding hydrogens is 462 g/mol. The summed E-state index contributed by atoms with van der Waals surface area (Å²) in [4.78, 5) is 17.0. The van der Waals surface area contributed by atoms with Crippen LogP contribution in [0.25, 0.3) is 11.8 Å². The number of carbonyl (C=O) groups excluding carboxylic acids is 1. The minimum Gasteiger partial charge on any atom is -0.497 e. The van der Waals surface area contributed by atoms with E-state index < -0.39 is 0 Å². The molecule has 4 aromatic rings. The second-order valence-electron chi connectivity index (χ2n) is 7.87. The number of methoxy groups -OCH3 is 1. The summed E-state index contributed by atoms with van der Waals surface area (Å²) in [6.07, 6.45) is 5.23. The number of carbonyl (C=O) groups is 1. The summed E-state index contributed by atoms with van der Waals surface area (Å²) in [5.74, 6) is 1.18. The van der Waals surface area contributed by atoms with Crippen molar-refractivity contribution < 1.29 is 9.53 Å². The number of nitrogens with zero attached hydrogens (tertiary/aromatic N) is 3. The third-order valence-electron chi connectivity index (χ3n) is 5.54. The van der Waals surface area contributed by atoms with Crippen LogP contribution >= 0.6 is 11.6 Å². The van der Waals surface area contributed by atoms with Gasteiger partial charge in [-0.25, -0.2) is 4.68 Å². The smallest absolute Gasteiger partial charge is 0.250 e. The lowest BCUT2D eigenvalue weighted by atomic mass is 10.0. The molecule has 1 aliphatic rings. The topological polar surface area (TPSA) is 81.1 Å². The average Bonchev–Trinajstić information content (AvgIpc) is 3.30. The highest BCUT2D eigenvalue weighted by Crippen LogP contribution is 2.33. The van der Waals surface area contributed by atoms with Gasteiger partial charge in [0, 0.05) is 16.8 Å². The quantitative estimate of drug-likeness (QED) is 0.346. The van der Waals surface area contributed by atoms with Crippen LogP contribution in [0.2, 0.25) is 5.02 Å². The van der Waals surface area contributed by atoms with Crippen molar-refractivity contribution in [2.45, 2.75) is 6.04 Å². The number of hydrogen-bond donors (Lipinski definition) is 2. The Morgan fingerprint density at radius 1 is 1.06 bits per heavy atom. The normalized spacial score (nSPS) is 14.7. The molecule has 0 saturated carbocycles. The molecule has 1 atom stereocenters. The van der Waals surface area contributed by atoms with Crippen molar-refractivity contribution in [1.29, 1.82) is 0 Å². The van der Waals surface area contributed by atoms with Crippen LogP contribution in [0.15, 0.2) is 91.0 Å². The minimum absolute atomic E-state index is 0.208. The molecule has 7 nitrogen and oxygen atoms in total. The van der Waals surface area contributed by atoms with Crippen molar-refractivity contribution in [3.05, 3.63) is 113 Å². The summed E-state index contributed by atoms with van der Waals surface area (Å²) in [6, 6.07) is 24.8. The number of ether oxygens (including phenoxy) is 1. The molecule has 0 aliphatic carbocycles. The fraction of sp³-hybridized carbons (Fsp3) is 0.0741. The monoisotopic (exact) mass is 483 g/mol. The van der Waals surface area contributed by atoms with Crippen LogP contribution in [0.4, 0.5) is 11.9 Å². The third kappa shape index (κ3) is 5.10. The van der Waals surface area contributed by atoms with Gasteiger partial charge < -0.3 is 10.1 Å². The first-order valence-electron chi connectivity index (χ1n) is 11.0. The Morgan fingerprint density at radius 3 is 2.51 bits per heavy atom. The lowest BCUT2D eigenvalue weighted by molar-refractivity contribution is -0.111. The van der Waals surface area contributed by atoms with Gasteiger partial charge in [-0.15, -0.1) is 5.10 Å². The zero-order valence-corrected chi connectivity index (χ0v) is 19.6. The van der Waals surface area contributed by atoms with E-state index in [0.29, 0.717) is 11.0 Å². The highest BCUT2D eigenvalue weighted by Gasteiger charge is 2.25. The molecule has 174 valence electrons. The average molecular weight is 484 g/mol. The number of aromatic nitrogens is 3. The van der Waals surface area contributed by atoms with E-state index in [1.807, 2.05) is 66.7 Å². The molecule has 0 bridgehead atoms. The van der Waals surface area contributed by atoms with Gasteiger partial charge in [0.05, 0.1) is 7.11 Å². The Balaban J connectivity index is 1.42. The maximum absolute atomic E-state index is 12.5. The molecule has 8 heteroatoms. The van der Waals surface area contributed by atoms with E-state index in [4.69, 9.17) is 16.3 Å². The Bertz CT molecular complexity index is 1390. The number of amides is 1. The summed E-state index contributed by atoms with van der Waals surface area (Å²) < 4.78 is 7.06. The SMILES string of the molecule is COc1ccc(C2C=C(c3ccccc3)Nc3nc(NC(=O)/C=C/c4ccc(Cl)cc4)nn32)cc1. The fourth-order valence-corrected chi connectivity index (χ4v) is 3.89. The van der Waals surface area contributed by atoms with Gasteiger partial charge in [-0.05, 0) is 53.1 Å². The van der Waals surface area contributed by atoms with Gasteiger partial charge in [0.25, 0.3) is 11.9 Å². The Kier molecular flexibility index (Phi) is 6.32. The number of rotatable bonds is 6. The number of anilines is 2. The molecule has 0 spiro atoms. The third-order valence-corrected chi connectivity index (χ3v) is 5.79. The number of halogens is 1. The van der Waals surface area contributed by atoms with Crippen LogP contribution in [0, 0.1) is 0 Å². The first-order chi connectivity index (χ1) is 17.1. The molecule has 35 heavy (non-hydrogen) atoms. The van der Waals surface area contributed by atoms with E-state index in [2.05, 4.69) is 26.8 Å². The van der Waals surface area contributed by atoms with Gasteiger partial charge in [-0.1, -0.05) is 66.2 Å². The van der Waals surface area contributed by atoms with Crippen LogP contribution < -0.4 is 15.4 Å². The highest BCUT2D eigenvalue weighted by molar-refractivity contribution is 6.30. The summed E-state index contributed by atoms with van der Waals surface area (Å²) in [5, 5.41) is 11.3. The predicted molar refractivity (Wildman–Crippen MR) is 138 cm³/mol. The molecule has 0 radical (unpaired) electrons. The van der Waals surface area contributed by atoms with E-state index >= 15 is 0 Å². The largest absolute Gasteiger partial charge is 0.497 e. The van der Waals surface area contributed by atoms with Gasteiger partial charge in [-0.3, -0.25) is 10.1 Å². The van der Waals surface area contributed by atoms with E-state index in [-0.39, 0.29) is 17.9 Å².